The van der Waals surface area contributed by atoms with Gasteiger partial charge in [-0.1, -0.05) is 30.5 Å². The van der Waals surface area contributed by atoms with Crippen LogP contribution in [-0.2, 0) is 7.05 Å². The molecule has 2 amide bonds. The molecule has 1 aliphatic rings. The predicted octanol–water partition coefficient (Wildman–Crippen LogP) is 4.64. The Morgan fingerprint density at radius 1 is 1.21 bits per heavy atom. The van der Waals surface area contributed by atoms with Crippen molar-refractivity contribution in [3.05, 3.63) is 47.7 Å². The van der Waals surface area contributed by atoms with Gasteiger partial charge in [-0.05, 0) is 43.0 Å². The molecule has 0 radical (unpaired) electrons. The van der Waals surface area contributed by atoms with E-state index in [0.717, 1.165) is 18.2 Å². The van der Waals surface area contributed by atoms with Gasteiger partial charge in [0.15, 0.2) is 11.6 Å². The molecule has 0 spiro atoms. The standard InChI is InChI=1S/C24H25ClN8O/c1-33-10-8-18(32-33)21-20(16-11-15-7-4-9-27-19(15)17(25)12-16)30-23(22(26)29-21)31-24(34)28-13-14-5-2-3-6-14/h4,7-12,14H,2-3,5-6,13H2,1H3,(H2,26,29)(H2,28,30,31,34). The molecule has 34 heavy (non-hydrogen) atoms. The molecule has 0 unspecified atom stereocenters. The number of rotatable bonds is 5. The van der Waals surface area contributed by atoms with Crippen molar-refractivity contribution in [2.75, 3.05) is 17.6 Å². The summed E-state index contributed by atoms with van der Waals surface area (Å²) in [6.07, 6.45) is 8.23. The fraction of sp³-hybridized carbons (Fsp3) is 0.292. The number of nitrogen functional groups attached to an aromatic ring is 1. The number of fused-ring (bicyclic) bond motifs is 1. The van der Waals surface area contributed by atoms with Crippen molar-refractivity contribution in [2.24, 2.45) is 13.0 Å². The van der Waals surface area contributed by atoms with Crippen LogP contribution in [0, 0.1) is 5.92 Å². The van der Waals surface area contributed by atoms with E-state index in [2.05, 4.69) is 25.7 Å². The Kier molecular flexibility index (Phi) is 6.02. The van der Waals surface area contributed by atoms with Crippen molar-refractivity contribution in [2.45, 2.75) is 25.7 Å². The van der Waals surface area contributed by atoms with Crippen molar-refractivity contribution in [1.82, 2.24) is 30.0 Å². The number of nitrogens with one attached hydrogen (secondary N) is 2. The van der Waals surface area contributed by atoms with E-state index in [1.54, 1.807) is 16.9 Å². The third kappa shape index (κ3) is 4.51. The summed E-state index contributed by atoms with van der Waals surface area (Å²) in [5, 5.41) is 11.5. The van der Waals surface area contributed by atoms with Crippen LogP contribution in [0.15, 0.2) is 42.7 Å². The largest absolute Gasteiger partial charge is 0.381 e. The summed E-state index contributed by atoms with van der Waals surface area (Å²) in [5.74, 6) is 0.805. The Bertz CT molecular complexity index is 1360. The van der Waals surface area contributed by atoms with E-state index in [9.17, 15) is 4.79 Å². The van der Waals surface area contributed by atoms with Gasteiger partial charge < -0.3 is 11.1 Å². The van der Waals surface area contributed by atoms with Gasteiger partial charge in [-0.25, -0.2) is 14.8 Å². The molecule has 3 aromatic heterocycles. The van der Waals surface area contributed by atoms with Gasteiger partial charge in [-0.15, -0.1) is 0 Å². The van der Waals surface area contributed by atoms with Crippen LogP contribution in [0.25, 0.3) is 33.5 Å². The molecule has 5 rings (SSSR count). The Morgan fingerprint density at radius 2 is 2.03 bits per heavy atom. The smallest absolute Gasteiger partial charge is 0.320 e. The van der Waals surface area contributed by atoms with Gasteiger partial charge in [-0.2, -0.15) is 5.10 Å². The lowest BCUT2D eigenvalue weighted by Gasteiger charge is -2.15. The van der Waals surface area contributed by atoms with Gasteiger partial charge in [0.05, 0.1) is 10.5 Å². The van der Waals surface area contributed by atoms with Crippen LogP contribution in [0.1, 0.15) is 25.7 Å². The summed E-state index contributed by atoms with van der Waals surface area (Å²) < 4.78 is 1.68. The second kappa shape index (κ2) is 9.26. The number of aryl methyl sites for hydroxylation is 1. The summed E-state index contributed by atoms with van der Waals surface area (Å²) in [4.78, 5) is 26.2. The predicted molar refractivity (Wildman–Crippen MR) is 133 cm³/mol. The maximum absolute atomic E-state index is 12.6. The van der Waals surface area contributed by atoms with E-state index in [1.807, 2.05) is 37.5 Å². The molecule has 0 bridgehead atoms. The Labute approximate surface area is 201 Å². The molecule has 1 fully saturated rings. The van der Waals surface area contributed by atoms with Crippen LogP contribution in [0.2, 0.25) is 5.02 Å². The summed E-state index contributed by atoms with van der Waals surface area (Å²) >= 11 is 6.54. The number of aromatic nitrogens is 5. The minimum absolute atomic E-state index is 0.106. The van der Waals surface area contributed by atoms with Crippen molar-refractivity contribution in [1.29, 1.82) is 0 Å². The molecule has 1 saturated carbocycles. The zero-order valence-electron chi connectivity index (χ0n) is 18.8. The van der Waals surface area contributed by atoms with Gasteiger partial charge in [0.25, 0.3) is 0 Å². The highest BCUT2D eigenvalue weighted by Crippen LogP contribution is 2.35. The van der Waals surface area contributed by atoms with E-state index < -0.39 is 0 Å². The lowest BCUT2D eigenvalue weighted by atomic mass is 10.0. The van der Waals surface area contributed by atoms with Crippen LogP contribution >= 0.6 is 11.6 Å². The van der Waals surface area contributed by atoms with Crippen LogP contribution < -0.4 is 16.4 Å². The molecule has 4 N–H and O–H groups in total. The van der Waals surface area contributed by atoms with Crippen LogP contribution in [0.5, 0.6) is 0 Å². The zero-order chi connectivity index (χ0) is 23.7. The Hall–Kier alpha value is -3.72. The Balaban J connectivity index is 1.53. The van der Waals surface area contributed by atoms with Gasteiger partial charge >= 0.3 is 6.03 Å². The summed E-state index contributed by atoms with van der Waals surface area (Å²) in [6, 6.07) is 8.97. The van der Waals surface area contributed by atoms with E-state index >= 15 is 0 Å². The molecule has 10 heteroatoms. The minimum Gasteiger partial charge on any atom is -0.381 e. The molecule has 0 atom stereocenters. The first-order valence-electron chi connectivity index (χ1n) is 11.2. The SMILES string of the molecule is Cn1ccc(-c2nc(N)c(NC(=O)NCC3CCCC3)nc2-c2cc(Cl)c3ncccc3c2)n1. The number of nitrogens with two attached hydrogens (primary N) is 1. The number of benzene rings is 1. The highest BCUT2D eigenvalue weighted by atomic mass is 35.5. The molecule has 4 aromatic rings. The normalized spacial score (nSPS) is 13.9. The number of carbonyl (C=O) groups excluding carboxylic acids is 1. The van der Waals surface area contributed by atoms with Crippen LogP contribution in [-0.4, -0.2) is 37.3 Å². The number of anilines is 2. The summed E-state index contributed by atoms with van der Waals surface area (Å²) in [7, 11) is 1.82. The number of amides is 2. The fourth-order valence-electron chi connectivity index (χ4n) is 4.35. The average Bonchev–Trinajstić information content (AvgIpc) is 3.50. The molecule has 1 aliphatic carbocycles. The molecule has 0 saturated heterocycles. The van der Waals surface area contributed by atoms with Gasteiger partial charge in [0.2, 0.25) is 0 Å². The van der Waals surface area contributed by atoms with E-state index in [0.29, 0.717) is 45.6 Å². The first-order chi connectivity index (χ1) is 16.5. The van der Waals surface area contributed by atoms with Crippen molar-refractivity contribution in [3.63, 3.8) is 0 Å². The van der Waals surface area contributed by atoms with E-state index in [-0.39, 0.29) is 17.7 Å². The minimum atomic E-state index is -0.356. The molecule has 3 heterocycles. The molecular formula is C24H25ClN8O. The monoisotopic (exact) mass is 476 g/mol. The molecule has 174 valence electrons. The molecule has 9 nitrogen and oxygen atoms in total. The van der Waals surface area contributed by atoms with Crippen molar-refractivity contribution >= 4 is 40.2 Å². The first-order valence-corrected chi connectivity index (χ1v) is 11.6. The van der Waals surface area contributed by atoms with Crippen molar-refractivity contribution < 1.29 is 4.79 Å². The second-order valence-corrected chi connectivity index (χ2v) is 8.96. The Morgan fingerprint density at radius 3 is 2.79 bits per heavy atom. The molecule has 1 aromatic carbocycles. The maximum atomic E-state index is 12.6. The highest BCUT2D eigenvalue weighted by molar-refractivity contribution is 6.35. The summed E-state index contributed by atoms with van der Waals surface area (Å²) in [6.45, 7) is 0.630. The van der Waals surface area contributed by atoms with E-state index in [1.165, 1.54) is 12.8 Å². The van der Waals surface area contributed by atoms with Gasteiger partial charge in [0.1, 0.15) is 17.1 Å². The van der Waals surface area contributed by atoms with Gasteiger partial charge in [0, 0.05) is 36.9 Å². The van der Waals surface area contributed by atoms with Crippen molar-refractivity contribution in [3.8, 4) is 22.6 Å². The number of halogens is 1. The second-order valence-electron chi connectivity index (χ2n) is 8.55. The van der Waals surface area contributed by atoms with Gasteiger partial charge in [-0.3, -0.25) is 15.0 Å². The van der Waals surface area contributed by atoms with E-state index in [4.69, 9.17) is 22.3 Å². The number of carbonyl (C=O) groups is 1. The summed E-state index contributed by atoms with van der Waals surface area (Å²) in [5.41, 5.74) is 9.23. The number of nitrogens with zero attached hydrogens (tertiary/aromatic N) is 5. The average molecular weight is 477 g/mol. The first kappa shape index (κ1) is 22.1. The maximum Gasteiger partial charge on any atom is 0.320 e. The third-order valence-electron chi connectivity index (χ3n) is 6.07. The van der Waals surface area contributed by atoms with Crippen LogP contribution in [0.3, 0.4) is 0 Å². The number of urea groups is 1. The number of hydrogen-bond acceptors (Lipinski definition) is 6. The molecule has 0 aliphatic heterocycles. The number of hydrogen-bond donors (Lipinski definition) is 3. The quantitative estimate of drug-likeness (QED) is 0.385. The lowest BCUT2D eigenvalue weighted by Crippen LogP contribution is -2.33. The molecular weight excluding hydrogens is 452 g/mol. The lowest BCUT2D eigenvalue weighted by molar-refractivity contribution is 0.250. The topological polar surface area (TPSA) is 124 Å². The third-order valence-corrected chi connectivity index (χ3v) is 6.36. The highest BCUT2D eigenvalue weighted by Gasteiger charge is 2.21. The fourth-order valence-corrected chi connectivity index (χ4v) is 4.62. The van der Waals surface area contributed by atoms with Crippen LogP contribution in [0.4, 0.5) is 16.4 Å². The number of pyridine rings is 1. The zero-order valence-corrected chi connectivity index (χ0v) is 19.5.